The van der Waals surface area contributed by atoms with E-state index in [2.05, 4.69) is 10.5 Å². The van der Waals surface area contributed by atoms with Gasteiger partial charge in [0.15, 0.2) is 5.84 Å². The van der Waals surface area contributed by atoms with Crippen LogP contribution in [0.3, 0.4) is 0 Å². The molecular formula is C13H17FN4O2. The summed E-state index contributed by atoms with van der Waals surface area (Å²) in [4.78, 5) is 13.7. The molecule has 0 saturated carbocycles. The van der Waals surface area contributed by atoms with E-state index in [9.17, 15) is 9.18 Å². The number of amidine groups is 1. The number of oxime groups is 1. The Hall–Kier alpha value is -2.31. The van der Waals surface area contributed by atoms with Gasteiger partial charge in [-0.05, 0) is 31.4 Å². The molecule has 0 bridgehead atoms. The summed E-state index contributed by atoms with van der Waals surface area (Å²) in [6.45, 7) is 0.487. The van der Waals surface area contributed by atoms with Crippen LogP contribution in [0.5, 0.6) is 0 Å². The lowest BCUT2D eigenvalue weighted by molar-refractivity contribution is 0.183. The molecule has 2 amide bonds. The first kappa shape index (κ1) is 14.1. The number of likely N-dealkylation sites (tertiary alicyclic amines) is 1. The maximum Gasteiger partial charge on any atom is 0.322 e. The number of carbonyl (C=O) groups is 1. The molecule has 1 unspecified atom stereocenters. The van der Waals surface area contributed by atoms with Gasteiger partial charge in [0, 0.05) is 6.54 Å². The Kier molecular flexibility index (Phi) is 4.39. The summed E-state index contributed by atoms with van der Waals surface area (Å²) in [5.74, 6) is -0.508. The fraction of sp³-hybridized carbons (Fsp3) is 0.385. The second kappa shape index (κ2) is 6.23. The van der Waals surface area contributed by atoms with Crippen LogP contribution in [0.1, 0.15) is 19.3 Å². The van der Waals surface area contributed by atoms with Gasteiger partial charge in [-0.1, -0.05) is 17.3 Å². The maximum absolute atomic E-state index is 13.5. The zero-order valence-corrected chi connectivity index (χ0v) is 10.9. The van der Waals surface area contributed by atoms with Crippen molar-refractivity contribution in [2.75, 3.05) is 11.9 Å². The van der Waals surface area contributed by atoms with Gasteiger partial charge < -0.3 is 21.2 Å². The lowest BCUT2D eigenvalue weighted by atomic mass is 10.0. The number of rotatable bonds is 2. The van der Waals surface area contributed by atoms with E-state index < -0.39 is 17.9 Å². The summed E-state index contributed by atoms with van der Waals surface area (Å²) < 4.78 is 13.5. The second-order valence-electron chi connectivity index (χ2n) is 4.64. The van der Waals surface area contributed by atoms with Gasteiger partial charge >= 0.3 is 6.03 Å². The highest BCUT2D eigenvalue weighted by Gasteiger charge is 2.30. The quantitative estimate of drug-likeness (QED) is 0.335. The molecule has 0 spiro atoms. The molecule has 1 saturated heterocycles. The van der Waals surface area contributed by atoms with Gasteiger partial charge in [0.05, 0.1) is 11.7 Å². The Bertz CT molecular complexity index is 521. The standard InChI is InChI=1S/C13H17FN4O2/c14-9-5-1-2-6-10(9)16-13(19)18-8-4-3-7-11(18)12(15)17-20/h1-2,5-6,11,20H,3-4,7-8H2,(H2,15,17)(H,16,19). The monoisotopic (exact) mass is 280 g/mol. The first-order chi connectivity index (χ1) is 9.63. The molecule has 4 N–H and O–H groups in total. The summed E-state index contributed by atoms with van der Waals surface area (Å²) in [5.41, 5.74) is 5.72. The fourth-order valence-corrected chi connectivity index (χ4v) is 2.30. The van der Waals surface area contributed by atoms with Gasteiger partial charge in [-0.25, -0.2) is 9.18 Å². The number of nitrogens with one attached hydrogen (secondary N) is 1. The summed E-state index contributed by atoms with van der Waals surface area (Å²) in [5, 5.41) is 14.2. The molecule has 1 atom stereocenters. The van der Waals surface area contributed by atoms with Crippen LogP contribution in [0, 0.1) is 5.82 Å². The second-order valence-corrected chi connectivity index (χ2v) is 4.64. The van der Waals surface area contributed by atoms with Gasteiger partial charge in [-0.2, -0.15) is 0 Å². The number of nitrogens with zero attached hydrogens (tertiary/aromatic N) is 2. The third kappa shape index (κ3) is 2.98. The minimum Gasteiger partial charge on any atom is -0.409 e. The Labute approximate surface area is 116 Å². The van der Waals surface area contributed by atoms with Gasteiger partial charge in [0.2, 0.25) is 0 Å². The van der Waals surface area contributed by atoms with Crippen LogP contribution in [-0.4, -0.2) is 34.6 Å². The van der Waals surface area contributed by atoms with Crippen molar-refractivity contribution in [2.45, 2.75) is 25.3 Å². The summed E-state index contributed by atoms with van der Waals surface area (Å²) in [6, 6.07) is 5.02. The van der Waals surface area contributed by atoms with Crippen LogP contribution < -0.4 is 11.1 Å². The number of amides is 2. The van der Waals surface area contributed by atoms with Crippen LogP contribution in [0.2, 0.25) is 0 Å². The van der Waals surface area contributed by atoms with Crippen molar-refractivity contribution >= 4 is 17.6 Å². The number of piperidine rings is 1. The smallest absolute Gasteiger partial charge is 0.322 e. The molecule has 108 valence electrons. The lowest BCUT2D eigenvalue weighted by Crippen LogP contribution is -2.52. The van der Waals surface area contributed by atoms with Crippen molar-refractivity contribution in [1.82, 2.24) is 4.90 Å². The Balaban J connectivity index is 2.12. The molecule has 2 rings (SSSR count). The zero-order valence-electron chi connectivity index (χ0n) is 10.9. The zero-order chi connectivity index (χ0) is 14.5. The lowest BCUT2D eigenvalue weighted by Gasteiger charge is -2.34. The van der Waals surface area contributed by atoms with E-state index in [1.54, 1.807) is 12.1 Å². The first-order valence-electron chi connectivity index (χ1n) is 6.43. The molecule has 1 fully saturated rings. The predicted octanol–water partition coefficient (Wildman–Crippen LogP) is 1.96. The van der Waals surface area contributed by atoms with Crippen LogP contribution in [-0.2, 0) is 0 Å². The maximum atomic E-state index is 13.5. The fourth-order valence-electron chi connectivity index (χ4n) is 2.30. The minimum atomic E-state index is -0.502. The highest BCUT2D eigenvalue weighted by Crippen LogP contribution is 2.20. The molecule has 1 aromatic rings. The van der Waals surface area contributed by atoms with E-state index in [1.807, 2.05) is 0 Å². The Morgan fingerprint density at radius 1 is 1.45 bits per heavy atom. The van der Waals surface area contributed by atoms with E-state index in [-0.39, 0.29) is 11.5 Å². The van der Waals surface area contributed by atoms with Crippen molar-refractivity contribution in [3.8, 4) is 0 Å². The number of halogens is 1. The van der Waals surface area contributed by atoms with Crippen molar-refractivity contribution in [1.29, 1.82) is 0 Å². The summed E-state index contributed by atoms with van der Waals surface area (Å²) >= 11 is 0. The van der Waals surface area contributed by atoms with E-state index in [0.29, 0.717) is 13.0 Å². The number of hydrogen-bond donors (Lipinski definition) is 3. The molecular weight excluding hydrogens is 263 g/mol. The molecule has 0 aliphatic carbocycles. The molecule has 1 aliphatic rings. The van der Waals surface area contributed by atoms with Gasteiger partial charge in [0.25, 0.3) is 0 Å². The van der Waals surface area contributed by atoms with Crippen LogP contribution in [0.25, 0.3) is 0 Å². The largest absolute Gasteiger partial charge is 0.409 e. The van der Waals surface area contributed by atoms with Crippen LogP contribution in [0.15, 0.2) is 29.4 Å². The van der Waals surface area contributed by atoms with Crippen molar-refractivity contribution < 1.29 is 14.4 Å². The molecule has 0 aromatic heterocycles. The first-order valence-corrected chi connectivity index (χ1v) is 6.43. The number of para-hydroxylation sites is 1. The molecule has 20 heavy (non-hydrogen) atoms. The molecule has 6 nitrogen and oxygen atoms in total. The highest BCUT2D eigenvalue weighted by atomic mass is 19.1. The topological polar surface area (TPSA) is 91.0 Å². The van der Waals surface area contributed by atoms with Crippen LogP contribution >= 0.6 is 0 Å². The average molecular weight is 280 g/mol. The van der Waals surface area contributed by atoms with E-state index in [4.69, 9.17) is 10.9 Å². The highest BCUT2D eigenvalue weighted by molar-refractivity contribution is 5.95. The average Bonchev–Trinajstić information content (AvgIpc) is 2.48. The summed E-state index contributed by atoms with van der Waals surface area (Å²) in [7, 11) is 0. The number of hydrogen-bond acceptors (Lipinski definition) is 3. The number of urea groups is 1. The summed E-state index contributed by atoms with van der Waals surface area (Å²) in [6.07, 6.45) is 2.35. The third-order valence-corrected chi connectivity index (χ3v) is 3.34. The van der Waals surface area contributed by atoms with Gasteiger partial charge in [-0.15, -0.1) is 0 Å². The SMILES string of the molecule is NC(=NO)C1CCCCN1C(=O)Nc1ccccc1F. The van der Waals surface area contributed by atoms with Crippen molar-refractivity contribution in [3.63, 3.8) is 0 Å². The Morgan fingerprint density at radius 2 is 2.20 bits per heavy atom. The molecule has 1 heterocycles. The number of benzene rings is 1. The number of nitrogens with two attached hydrogens (primary N) is 1. The van der Waals surface area contributed by atoms with Crippen LogP contribution in [0.4, 0.5) is 14.9 Å². The molecule has 1 aromatic carbocycles. The van der Waals surface area contributed by atoms with Crippen molar-refractivity contribution in [3.05, 3.63) is 30.1 Å². The number of carbonyl (C=O) groups excluding carboxylic acids is 1. The Morgan fingerprint density at radius 3 is 2.90 bits per heavy atom. The van der Waals surface area contributed by atoms with Gasteiger partial charge in [-0.3, -0.25) is 0 Å². The number of anilines is 1. The van der Waals surface area contributed by atoms with E-state index in [1.165, 1.54) is 17.0 Å². The van der Waals surface area contributed by atoms with Crippen molar-refractivity contribution in [2.24, 2.45) is 10.9 Å². The molecule has 1 aliphatic heterocycles. The van der Waals surface area contributed by atoms with Gasteiger partial charge in [0.1, 0.15) is 5.82 Å². The van der Waals surface area contributed by atoms with E-state index >= 15 is 0 Å². The minimum absolute atomic E-state index is 0.00613. The third-order valence-electron chi connectivity index (χ3n) is 3.34. The molecule has 0 radical (unpaired) electrons. The molecule has 7 heteroatoms. The van der Waals surface area contributed by atoms with E-state index in [0.717, 1.165) is 12.8 Å². The normalized spacial score (nSPS) is 19.8. The predicted molar refractivity (Wildman–Crippen MR) is 73.2 cm³/mol.